The van der Waals surface area contributed by atoms with E-state index in [1.165, 1.54) is 0 Å². The van der Waals surface area contributed by atoms with Gasteiger partial charge in [-0.25, -0.2) is 19.9 Å². The first-order chi connectivity index (χ1) is 16.3. The molecule has 33 heavy (non-hydrogen) atoms. The van der Waals surface area contributed by atoms with Crippen LogP contribution in [-0.4, -0.2) is 24.9 Å². The number of rotatable bonds is 4. The Balaban J connectivity index is 1.49. The van der Waals surface area contributed by atoms with Crippen LogP contribution in [0.1, 0.15) is 0 Å². The predicted octanol–water partition coefficient (Wildman–Crippen LogP) is 6.42. The molecule has 6 aromatic rings. The second-order valence-corrected chi connectivity index (χ2v) is 7.72. The second kappa shape index (κ2) is 8.13. The van der Waals surface area contributed by atoms with E-state index in [1.54, 1.807) is 0 Å². The van der Waals surface area contributed by atoms with Gasteiger partial charge >= 0.3 is 0 Å². The highest BCUT2D eigenvalue weighted by Gasteiger charge is 2.13. The van der Waals surface area contributed by atoms with Gasteiger partial charge < -0.3 is 4.98 Å². The summed E-state index contributed by atoms with van der Waals surface area (Å²) in [7, 11) is 0. The fourth-order valence-electron chi connectivity index (χ4n) is 3.82. The number of hydrogen-bond donors (Lipinski definition) is 1. The first kappa shape index (κ1) is 19.1. The van der Waals surface area contributed by atoms with Gasteiger partial charge in [-0.05, 0) is 18.2 Å². The zero-order chi connectivity index (χ0) is 22.0. The van der Waals surface area contributed by atoms with Gasteiger partial charge in [-0.3, -0.25) is 0 Å². The quantitative estimate of drug-likeness (QED) is 0.354. The average molecular weight is 425 g/mol. The van der Waals surface area contributed by atoms with Gasteiger partial charge in [-0.15, -0.1) is 0 Å². The van der Waals surface area contributed by atoms with Crippen molar-refractivity contribution in [2.24, 2.45) is 0 Å². The zero-order valence-corrected chi connectivity index (χ0v) is 17.7. The summed E-state index contributed by atoms with van der Waals surface area (Å²) in [4.78, 5) is 22.6. The highest BCUT2D eigenvalue weighted by molar-refractivity contribution is 5.84. The molecule has 0 bridgehead atoms. The number of nitrogens with one attached hydrogen (secondary N) is 1. The Hall–Kier alpha value is -4.64. The summed E-state index contributed by atoms with van der Waals surface area (Å²) in [6.07, 6.45) is 0. The number of aromatic amines is 1. The number of imidazole rings is 1. The molecule has 0 amide bonds. The Bertz CT molecular complexity index is 1480. The van der Waals surface area contributed by atoms with Crippen LogP contribution in [0, 0.1) is 0 Å². The Morgan fingerprint density at radius 1 is 0.424 bits per heavy atom. The fourth-order valence-corrected chi connectivity index (χ4v) is 3.82. The van der Waals surface area contributed by atoms with Crippen molar-refractivity contribution in [3.8, 4) is 45.6 Å². The summed E-state index contributed by atoms with van der Waals surface area (Å²) in [5.74, 6) is 2.75. The maximum atomic E-state index is 4.81. The summed E-state index contributed by atoms with van der Waals surface area (Å²) < 4.78 is 0. The van der Waals surface area contributed by atoms with Crippen LogP contribution in [0.3, 0.4) is 0 Å². The number of hydrogen-bond acceptors (Lipinski definition) is 4. The molecule has 0 saturated heterocycles. The minimum atomic E-state index is 0.619. The van der Waals surface area contributed by atoms with E-state index in [0.29, 0.717) is 17.5 Å². The molecule has 0 aliphatic rings. The standard InChI is InChI=1S/C28H19N5/c1-4-10-19(11-5-1)25-29-23-17-16-22(18-24(23)30-25)28-32-26(20-12-6-2-7-13-20)31-27(33-28)21-14-8-3-9-15-21/h1-18H,(H,29,30). The molecule has 0 atom stereocenters. The first-order valence-electron chi connectivity index (χ1n) is 10.8. The zero-order valence-electron chi connectivity index (χ0n) is 17.7. The fraction of sp³-hybridized carbons (Fsp3) is 0. The molecular formula is C28H19N5. The second-order valence-electron chi connectivity index (χ2n) is 7.72. The van der Waals surface area contributed by atoms with Crippen LogP contribution >= 0.6 is 0 Å². The molecule has 1 N–H and O–H groups in total. The lowest BCUT2D eigenvalue weighted by molar-refractivity contribution is 1.07. The van der Waals surface area contributed by atoms with Crippen LogP contribution in [0.5, 0.6) is 0 Å². The van der Waals surface area contributed by atoms with Crippen molar-refractivity contribution in [2.75, 3.05) is 0 Å². The highest BCUT2D eigenvalue weighted by Crippen LogP contribution is 2.27. The first-order valence-corrected chi connectivity index (χ1v) is 10.8. The lowest BCUT2D eigenvalue weighted by Crippen LogP contribution is -2.00. The van der Waals surface area contributed by atoms with E-state index in [1.807, 2.05) is 109 Å². The lowest BCUT2D eigenvalue weighted by atomic mass is 10.1. The van der Waals surface area contributed by atoms with Crippen molar-refractivity contribution in [1.82, 2.24) is 24.9 Å². The van der Waals surface area contributed by atoms with E-state index in [2.05, 4.69) is 4.98 Å². The SMILES string of the molecule is c1ccc(-c2nc(-c3ccccc3)nc(-c3ccc4[nH]c(-c5ccccc5)nc4c3)n2)cc1. The Morgan fingerprint density at radius 3 is 1.45 bits per heavy atom. The topological polar surface area (TPSA) is 67.3 Å². The van der Waals surface area contributed by atoms with E-state index < -0.39 is 0 Å². The molecule has 2 aromatic heterocycles. The normalized spacial score (nSPS) is 11.0. The van der Waals surface area contributed by atoms with E-state index in [9.17, 15) is 0 Å². The van der Waals surface area contributed by atoms with Crippen LogP contribution in [0.2, 0.25) is 0 Å². The van der Waals surface area contributed by atoms with Crippen molar-refractivity contribution in [2.45, 2.75) is 0 Å². The van der Waals surface area contributed by atoms with E-state index in [4.69, 9.17) is 19.9 Å². The maximum Gasteiger partial charge on any atom is 0.164 e. The van der Waals surface area contributed by atoms with Crippen LogP contribution in [0.4, 0.5) is 0 Å². The average Bonchev–Trinajstić information content (AvgIpc) is 3.34. The van der Waals surface area contributed by atoms with Gasteiger partial charge in [-0.1, -0.05) is 91.0 Å². The van der Waals surface area contributed by atoms with E-state index >= 15 is 0 Å². The molecule has 0 radical (unpaired) electrons. The molecule has 2 heterocycles. The number of aromatic nitrogens is 5. The molecule has 0 fully saturated rings. The van der Waals surface area contributed by atoms with Crippen LogP contribution in [0.15, 0.2) is 109 Å². The van der Waals surface area contributed by atoms with Gasteiger partial charge in [0.2, 0.25) is 0 Å². The van der Waals surface area contributed by atoms with Gasteiger partial charge in [0.15, 0.2) is 17.5 Å². The van der Waals surface area contributed by atoms with Crippen molar-refractivity contribution in [3.63, 3.8) is 0 Å². The van der Waals surface area contributed by atoms with Crippen LogP contribution in [0.25, 0.3) is 56.6 Å². The van der Waals surface area contributed by atoms with Crippen LogP contribution in [-0.2, 0) is 0 Å². The Morgan fingerprint density at radius 2 is 0.909 bits per heavy atom. The summed E-state index contributed by atoms with van der Waals surface area (Å²) in [5, 5.41) is 0. The molecule has 0 unspecified atom stereocenters. The van der Waals surface area contributed by atoms with Gasteiger partial charge in [0.25, 0.3) is 0 Å². The monoisotopic (exact) mass is 425 g/mol. The third-order valence-corrected chi connectivity index (χ3v) is 5.49. The number of H-pyrrole nitrogens is 1. The van der Waals surface area contributed by atoms with Gasteiger partial charge in [0.1, 0.15) is 5.82 Å². The minimum absolute atomic E-state index is 0.619. The number of benzene rings is 4. The number of nitrogens with zero attached hydrogens (tertiary/aromatic N) is 4. The summed E-state index contributed by atoms with van der Waals surface area (Å²) in [6, 6.07) is 36.1. The van der Waals surface area contributed by atoms with Gasteiger partial charge in [-0.2, -0.15) is 0 Å². The van der Waals surface area contributed by atoms with Crippen LogP contribution < -0.4 is 0 Å². The minimum Gasteiger partial charge on any atom is -0.338 e. The largest absolute Gasteiger partial charge is 0.338 e. The summed E-state index contributed by atoms with van der Waals surface area (Å²) in [6.45, 7) is 0. The molecule has 5 heteroatoms. The molecule has 6 rings (SSSR count). The highest BCUT2D eigenvalue weighted by atomic mass is 15.0. The van der Waals surface area contributed by atoms with E-state index in [0.717, 1.165) is 39.1 Å². The van der Waals surface area contributed by atoms with E-state index in [-0.39, 0.29) is 0 Å². The van der Waals surface area contributed by atoms with Crippen molar-refractivity contribution in [3.05, 3.63) is 109 Å². The third-order valence-electron chi connectivity index (χ3n) is 5.49. The summed E-state index contributed by atoms with van der Waals surface area (Å²) >= 11 is 0. The molecule has 0 saturated carbocycles. The van der Waals surface area contributed by atoms with Crippen molar-refractivity contribution in [1.29, 1.82) is 0 Å². The molecule has 0 spiro atoms. The molecule has 0 aliphatic carbocycles. The van der Waals surface area contributed by atoms with Crippen molar-refractivity contribution >= 4 is 11.0 Å². The maximum absolute atomic E-state index is 4.81. The number of fused-ring (bicyclic) bond motifs is 1. The molecule has 156 valence electrons. The Labute approximate surface area is 190 Å². The molecular weight excluding hydrogens is 406 g/mol. The Kier molecular flexibility index (Phi) is 4.70. The van der Waals surface area contributed by atoms with Crippen molar-refractivity contribution < 1.29 is 0 Å². The smallest absolute Gasteiger partial charge is 0.164 e. The third kappa shape index (κ3) is 3.77. The van der Waals surface area contributed by atoms with Gasteiger partial charge in [0.05, 0.1) is 11.0 Å². The molecule has 0 aliphatic heterocycles. The summed E-state index contributed by atoms with van der Waals surface area (Å²) in [5.41, 5.74) is 5.68. The molecule has 4 aromatic carbocycles. The lowest BCUT2D eigenvalue weighted by Gasteiger charge is -2.08. The molecule has 5 nitrogen and oxygen atoms in total. The van der Waals surface area contributed by atoms with Gasteiger partial charge in [0, 0.05) is 22.3 Å². The predicted molar refractivity (Wildman–Crippen MR) is 131 cm³/mol.